The summed E-state index contributed by atoms with van der Waals surface area (Å²) in [4.78, 5) is 25.8. The minimum atomic E-state index is -0.944. The van der Waals surface area contributed by atoms with Crippen molar-refractivity contribution in [3.8, 4) is 0 Å². The molecule has 110 valence electrons. The van der Waals surface area contributed by atoms with Crippen LogP contribution < -0.4 is 0 Å². The molecule has 0 aliphatic carbocycles. The summed E-state index contributed by atoms with van der Waals surface area (Å²) in [5.74, 6) is -1.17. The maximum atomic E-state index is 12.2. The molecule has 0 radical (unpaired) electrons. The van der Waals surface area contributed by atoms with E-state index in [1.807, 2.05) is 30.5 Å². The van der Waals surface area contributed by atoms with Crippen LogP contribution in [-0.4, -0.2) is 39.0 Å². The van der Waals surface area contributed by atoms with Gasteiger partial charge in [0, 0.05) is 11.4 Å². The Bertz CT molecular complexity index is 610. The number of aliphatic carboxylic acids is 1. The average molecular weight is 339 g/mol. The largest absolute Gasteiger partial charge is 0.481 e. The van der Waals surface area contributed by atoms with Crippen molar-refractivity contribution in [1.82, 2.24) is 4.90 Å². The molecule has 2 rings (SSSR count). The highest BCUT2D eigenvalue weighted by Crippen LogP contribution is 2.32. The topological polar surface area (TPSA) is 57.6 Å². The van der Waals surface area contributed by atoms with Crippen LogP contribution in [0.2, 0.25) is 0 Å². The SMILES string of the molecule is CSc1ccc(/C=C2\SC(=S)N(CCC(=O)O)C2=O)cc1. The van der Waals surface area contributed by atoms with Crippen molar-refractivity contribution in [2.75, 3.05) is 12.8 Å². The number of hydrogen-bond donors (Lipinski definition) is 1. The van der Waals surface area contributed by atoms with Gasteiger partial charge in [-0.2, -0.15) is 0 Å². The van der Waals surface area contributed by atoms with Crippen molar-refractivity contribution >= 4 is 58.0 Å². The predicted octanol–water partition coefficient (Wildman–Crippen LogP) is 3.08. The molecule has 1 N–H and O–H groups in total. The smallest absolute Gasteiger partial charge is 0.305 e. The summed E-state index contributed by atoms with van der Waals surface area (Å²) in [6, 6.07) is 7.86. The lowest BCUT2D eigenvalue weighted by Gasteiger charge is -2.12. The van der Waals surface area contributed by atoms with Crippen LogP contribution in [0.5, 0.6) is 0 Å². The number of thioether (sulfide) groups is 2. The second kappa shape index (κ2) is 7.11. The molecule has 0 saturated carbocycles. The Kier molecular flexibility index (Phi) is 5.44. The Labute approximate surface area is 136 Å². The number of nitrogens with zero attached hydrogens (tertiary/aromatic N) is 1. The third-order valence-corrected chi connectivity index (χ3v) is 4.96. The molecule has 1 aliphatic rings. The summed E-state index contributed by atoms with van der Waals surface area (Å²) < 4.78 is 0.410. The van der Waals surface area contributed by atoms with E-state index in [9.17, 15) is 9.59 Å². The first-order valence-corrected chi connectivity index (χ1v) is 8.57. The van der Waals surface area contributed by atoms with E-state index in [-0.39, 0.29) is 18.9 Å². The lowest BCUT2D eigenvalue weighted by atomic mass is 10.2. The second-order valence-corrected chi connectivity index (χ2v) is 6.81. The summed E-state index contributed by atoms with van der Waals surface area (Å²) in [6.07, 6.45) is 3.68. The Morgan fingerprint density at radius 2 is 2.10 bits per heavy atom. The Balaban J connectivity index is 2.13. The maximum absolute atomic E-state index is 12.2. The molecule has 7 heteroatoms. The van der Waals surface area contributed by atoms with E-state index in [1.165, 1.54) is 16.7 Å². The van der Waals surface area contributed by atoms with E-state index in [4.69, 9.17) is 17.3 Å². The molecule has 1 aromatic carbocycles. The molecule has 0 atom stereocenters. The monoisotopic (exact) mass is 339 g/mol. The number of rotatable bonds is 5. The van der Waals surface area contributed by atoms with Crippen molar-refractivity contribution in [2.45, 2.75) is 11.3 Å². The molecule has 1 aromatic rings. The molecule has 0 spiro atoms. The lowest BCUT2D eigenvalue weighted by Crippen LogP contribution is -2.30. The van der Waals surface area contributed by atoms with E-state index < -0.39 is 5.97 Å². The highest BCUT2D eigenvalue weighted by Gasteiger charge is 2.31. The van der Waals surface area contributed by atoms with Crippen LogP contribution in [0.4, 0.5) is 0 Å². The van der Waals surface area contributed by atoms with Gasteiger partial charge in [0.1, 0.15) is 4.32 Å². The predicted molar refractivity (Wildman–Crippen MR) is 90.4 cm³/mol. The van der Waals surface area contributed by atoms with Gasteiger partial charge >= 0.3 is 5.97 Å². The Hall–Kier alpha value is -1.31. The molecule has 0 aromatic heterocycles. The first-order chi connectivity index (χ1) is 10.0. The maximum Gasteiger partial charge on any atom is 0.305 e. The van der Waals surface area contributed by atoms with Crippen LogP contribution in [0, 0.1) is 0 Å². The van der Waals surface area contributed by atoms with Gasteiger partial charge in [0.2, 0.25) is 0 Å². The standard InChI is InChI=1S/C14H13NO3S3/c1-20-10-4-2-9(3-5-10)8-11-13(18)15(14(19)21-11)7-6-12(16)17/h2-5,8H,6-7H2,1H3,(H,16,17)/b11-8-. The number of carbonyl (C=O) groups excluding carboxylic acids is 1. The molecule has 0 unspecified atom stereocenters. The molecule has 4 nitrogen and oxygen atoms in total. The van der Waals surface area contributed by atoms with Gasteiger partial charge in [-0.1, -0.05) is 36.1 Å². The van der Waals surface area contributed by atoms with Crippen molar-refractivity contribution in [3.63, 3.8) is 0 Å². The molecule has 1 aliphatic heterocycles. The van der Waals surface area contributed by atoms with Crippen molar-refractivity contribution in [2.24, 2.45) is 0 Å². The number of carboxylic acids is 1. The van der Waals surface area contributed by atoms with E-state index in [0.29, 0.717) is 9.23 Å². The molecular formula is C14H13NO3S3. The molecule has 1 fully saturated rings. The number of thiocarbonyl (C=S) groups is 1. The normalized spacial score (nSPS) is 16.8. The van der Waals surface area contributed by atoms with E-state index >= 15 is 0 Å². The van der Waals surface area contributed by atoms with Crippen LogP contribution >= 0.6 is 35.7 Å². The fraction of sp³-hybridized carbons (Fsp3) is 0.214. The van der Waals surface area contributed by atoms with Gasteiger partial charge in [0.05, 0.1) is 11.3 Å². The van der Waals surface area contributed by atoms with Gasteiger partial charge in [-0.05, 0) is 30.0 Å². The molecule has 1 heterocycles. The average Bonchev–Trinajstić information content (AvgIpc) is 2.72. The first kappa shape index (κ1) is 16.1. The van der Waals surface area contributed by atoms with Gasteiger partial charge < -0.3 is 5.11 Å². The molecular weight excluding hydrogens is 326 g/mol. The van der Waals surface area contributed by atoms with Gasteiger partial charge in [-0.15, -0.1) is 11.8 Å². The Morgan fingerprint density at radius 1 is 1.43 bits per heavy atom. The quantitative estimate of drug-likeness (QED) is 0.505. The summed E-state index contributed by atoms with van der Waals surface area (Å²) in [5.41, 5.74) is 0.923. The minimum absolute atomic E-state index is 0.109. The third-order valence-electron chi connectivity index (χ3n) is 2.84. The highest BCUT2D eigenvalue weighted by molar-refractivity contribution is 8.26. The Morgan fingerprint density at radius 3 is 2.67 bits per heavy atom. The van der Waals surface area contributed by atoms with Crippen molar-refractivity contribution < 1.29 is 14.7 Å². The van der Waals surface area contributed by atoms with Crippen LogP contribution in [0.1, 0.15) is 12.0 Å². The van der Waals surface area contributed by atoms with Crippen LogP contribution in [-0.2, 0) is 9.59 Å². The lowest BCUT2D eigenvalue weighted by molar-refractivity contribution is -0.137. The van der Waals surface area contributed by atoms with E-state index in [1.54, 1.807) is 17.8 Å². The third kappa shape index (κ3) is 4.09. The fourth-order valence-corrected chi connectivity index (χ4v) is 3.47. The zero-order chi connectivity index (χ0) is 15.4. The second-order valence-electron chi connectivity index (χ2n) is 4.25. The number of hydrogen-bond acceptors (Lipinski definition) is 5. The van der Waals surface area contributed by atoms with Gasteiger partial charge in [0.15, 0.2) is 0 Å². The number of carbonyl (C=O) groups is 2. The van der Waals surface area contributed by atoms with Gasteiger partial charge in [0.25, 0.3) is 5.91 Å². The van der Waals surface area contributed by atoms with E-state index in [0.717, 1.165) is 10.5 Å². The van der Waals surface area contributed by atoms with Crippen molar-refractivity contribution in [1.29, 1.82) is 0 Å². The zero-order valence-corrected chi connectivity index (χ0v) is 13.7. The summed E-state index contributed by atoms with van der Waals surface area (Å²) >= 11 is 8.00. The van der Waals surface area contributed by atoms with Crippen LogP contribution in [0.25, 0.3) is 6.08 Å². The van der Waals surface area contributed by atoms with Gasteiger partial charge in [-0.3, -0.25) is 14.5 Å². The fourth-order valence-electron chi connectivity index (χ4n) is 1.75. The first-order valence-electron chi connectivity index (χ1n) is 6.12. The van der Waals surface area contributed by atoms with Gasteiger partial charge in [-0.25, -0.2) is 0 Å². The summed E-state index contributed by atoms with van der Waals surface area (Å²) in [5, 5.41) is 8.69. The van der Waals surface area contributed by atoms with E-state index in [2.05, 4.69) is 0 Å². The molecule has 1 saturated heterocycles. The molecule has 1 amide bonds. The number of amides is 1. The van der Waals surface area contributed by atoms with Crippen LogP contribution in [0.15, 0.2) is 34.1 Å². The molecule has 21 heavy (non-hydrogen) atoms. The van der Waals surface area contributed by atoms with Crippen LogP contribution in [0.3, 0.4) is 0 Å². The molecule has 0 bridgehead atoms. The number of carboxylic acid groups (broad SMARTS) is 1. The highest BCUT2D eigenvalue weighted by atomic mass is 32.2. The summed E-state index contributed by atoms with van der Waals surface area (Å²) in [7, 11) is 0. The zero-order valence-electron chi connectivity index (χ0n) is 11.2. The minimum Gasteiger partial charge on any atom is -0.481 e. The number of benzene rings is 1. The summed E-state index contributed by atoms with van der Waals surface area (Å²) in [6.45, 7) is 0.114. The van der Waals surface area contributed by atoms with Crippen molar-refractivity contribution in [3.05, 3.63) is 34.7 Å².